The van der Waals surface area contributed by atoms with E-state index < -0.39 is 0 Å². The van der Waals surface area contributed by atoms with E-state index in [9.17, 15) is 4.39 Å². The molecule has 0 radical (unpaired) electrons. The highest BCUT2D eigenvalue weighted by Gasteiger charge is 2.41. The summed E-state index contributed by atoms with van der Waals surface area (Å²) in [5.41, 5.74) is 1.34. The number of hydrogen-bond acceptors (Lipinski definition) is 3. The number of morpholine rings is 1. The summed E-state index contributed by atoms with van der Waals surface area (Å²) in [5.74, 6) is 0.848. The first-order valence-electron chi connectivity index (χ1n) is 8.73. The monoisotopic (exact) mass is 334 g/mol. The van der Waals surface area contributed by atoms with Crippen LogP contribution in [0.3, 0.4) is 0 Å². The Labute approximate surface area is 143 Å². The minimum atomic E-state index is -0.302. The Morgan fingerprint density at radius 2 is 2.17 bits per heavy atom. The summed E-state index contributed by atoms with van der Waals surface area (Å²) in [6.45, 7) is 4.73. The molecule has 2 saturated heterocycles. The number of nitrogens with one attached hydrogen (secondary N) is 1. The number of ether oxygens (including phenoxy) is 1. The zero-order valence-corrected chi connectivity index (χ0v) is 14.3. The normalized spacial score (nSPS) is 24.9. The van der Waals surface area contributed by atoms with Crippen molar-refractivity contribution in [3.8, 4) is 0 Å². The quantitative estimate of drug-likeness (QED) is 0.503. The Balaban J connectivity index is 1.62. The van der Waals surface area contributed by atoms with Gasteiger partial charge in [-0.2, -0.15) is 0 Å². The molecule has 0 spiro atoms. The molecule has 3 rings (SSSR count). The molecule has 2 unspecified atom stereocenters. The van der Waals surface area contributed by atoms with Gasteiger partial charge in [0.05, 0.1) is 25.4 Å². The number of rotatable bonds is 5. The maximum atomic E-state index is 12.3. The maximum absolute atomic E-state index is 12.3. The van der Waals surface area contributed by atoms with E-state index in [1.165, 1.54) is 5.56 Å². The number of halogens is 1. The summed E-state index contributed by atoms with van der Waals surface area (Å²) in [5, 5.41) is 3.25. The lowest BCUT2D eigenvalue weighted by Crippen LogP contribution is -2.50. The summed E-state index contributed by atoms with van der Waals surface area (Å²) in [4.78, 5) is 9.09. The van der Waals surface area contributed by atoms with E-state index in [-0.39, 0.29) is 12.8 Å². The van der Waals surface area contributed by atoms with Crippen molar-refractivity contribution in [2.45, 2.75) is 25.1 Å². The molecule has 2 aliphatic heterocycles. The predicted octanol–water partition coefficient (Wildman–Crippen LogP) is 1.51. The molecule has 5 nitrogen and oxygen atoms in total. The molecule has 6 heteroatoms. The number of aliphatic imine (C=N–C) groups is 1. The van der Waals surface area contributed by atoms with Gasteiger partial charge in [0, 0.05) is 39.8 Å². The van der Waals surface area contributed by atoms with E-state index in [0.717, 1.165) is 38.7 Å². The van der Waals surface area contributed by atoms with Crippen LogP contribution in [0, 0.1) is 0 Å². The van der Waals surface area contributed by atoms with Crippen LogP contribution < -0.4 is 5.32 Å². The number of guanidine groups is 1. The number of alkyl halides is 1. The molecule has 2 atom stereocenters. The molecule has 1 aromatic carbocycles. The SMILES string of the molecule is CN=C(NCCCF)N1CC2OCCN(Cc3ccccc3)C2C1. The Bertz CT molecular complexity index is 539. The third kappa shape index (κ3) is 4.05. The number of nitrogens with zero attached hydrogens (tertiary/aromatic N) is 3. The van der Waals surface area contributed by atoms with Gasteiger partial charge in [-0.05, 0) is 12.0 Å². The molecule has 2 aliphatic rings. The second-order valence-corrected chi connectivity index (χ2v) is 6.35. The minimum absolute atomic E-state index is 0.210. The van der Waals surface area contributed by atoms with Crippen LogP contribution in [0.5, 0.6) is 0 Å². The fourth-order valence-corrected chi connectivity index (χ4v) is 3.54. The molecule has 0 aromatic heterocycles. The Morgan fingerprint density at radius 3 is 2.92 bits per heavy atom. The molecule has 0 amide bonds. The van der Waals surface area contributed by atoms with Gasteiger partial charge < -0.3 is 15.0 Å². The molecule has 0 saturated carbocycles. The summed E-state index contributed by atoms with van der Waals surface area (Å²) >= 11 is 0. The average molecular weight is 334 g/mol. The average Bonchev–Trinajstić information content (AvgIpc) is 3.05. The molecule has 132 valence electrons. The largest absolute Gasteiger partial charge is 0.373 e. The molecular weight excluding hydrogens is 307 g/mol. The minimum Gasteiger partial charge on any atom is -0.373 e. The van der Waals surface area contributed by atoms with Crippen LogP contribution in [0.1, 0.15) is 12.0 Å². The van der Waals surface area contributed by atoms with Crippen molar-refractivity contribution >= 4 is 5.96 Å². The van der Waals surface area contributed by atoms with Gasteiger partial charge in [0.25, 0.3) is 0 Å². The lowest BCUT2D eigenvalue weighted by Gasteiger charge is -2.36. The van der Waals surface area contributed by atoms with Crippen LogP contribution >= 0.6 is 0 Å². The fraction of sp³-hybridized carbons (Fsp3) is 0.611. The Morgan fingerprint density at radius 1 is 1.33 bits per heavy atom. The van der Waals surface area contributed by atoms with Crippen molar-refractivity contribution < 1.29 is 9.13 Å². The van der Waals surface area contributed by atoms with E-state index in [1.54, 1.807) is 7.05 Å². The third-order valence-corrected chi connectivity index (χ3v) is 4.75. The van der Waals surface area contributed by atoms with Crippen LogP contribution in [0.4, 0.5) is 4.39 Å². The molecule has 24 heavy (non-hydrogen) atoms. The van der Waals surface area contributed by atoms with Crippen molar-refractivity contribution in [2.75, 3.05) is 46.5 Å². The molecule has 1 aromatic rings. The smallest absolute Gasteiger partial charge is 0.193 e. The maximum Gasteiger partial charge on any atom is 0.193 e. The van der Waals surface area contributed by atoms with Crippen molar-refractivity contribution in [2.24, 2.45) is 4.99 Å². The van der Waals surface area contributed by atoms with Crippen molar-refractivity contribution in [1.82, 2.24) is 15.1 Å². The fourth-order valence-electron chi connectivity index (χ4n) is 3.54. The van der Waals surface area contributed by atoms with Gasteiger partial charge in [-0.3, -0.25) is 14.3 Å². The first-order chi connectivity index (χ1) is 11.8. The standard InChI is InChI=1S/C18H27FN4O/c1-20-18(21-9-5-8-19)23-13-16-17(14-23)24-11-10-22(16)12-15-6-3-2-4-7-15/h2-4,6-7,16-17H,5,8-14H2,1H3,(H,20,21). The molecule has 2 fully saturated rings. The third-order valence-electron chi connectivity index (χ3n) is 4.75. The topological polar surface area (TPSA) is 40.1 Å². The van der Waals surface area contributed by atoms with Crippen molar-refractivity contribution in [3.63, 3.8) is 0 Å². The highest BCUT2D eigenvalue weighted by molar-refractivity contribution is 5.80. The number of fused-ring (bicyclic) bond motifs is 1. The van der Waals surface area contributed by atoms with Gasteiger partial charge in [-0.25, -0.2) is 0 Å². The summed E-state index contributed by atoms with van der Waals surface area (Å²) in [7, 11) is 1.78. The van der Waals surface area contributed by atoms with Gasteiger partial charge in [0.2, 0.25) is 0 Å². The highest BCUT2D eigenvalue weighted by Crippen LogP contribution is 2.24. The molecule has 0 aliphatic carbocycles. The zero-order chi connectivity index (χ0) is 16.8. The number of hydrogen-bond donors (Lipinski definition) is 1. The summed E-state index contributed by atoms with van der Waals surface area (Å²) in [6, 6.07) is 11.0. The highest BCUT2D eigenvalue weighted by atomic mass is 19.1. The summed E-state index contributed by atoms with van der Waals surface area (Å²) in [6.07, 6.45) is 0.721. The van der Waals surface area contributed by atoms with E-state index in [1.807, 2.05) is 0 Å². The zero-order valence-electron chi connectivity index (χ0n) is 14.3. The second-order valence-electron chi connectivity index (χ2n) is 6.35. The van der Waals surface area contributed by atoms with Crippen LogP contribution in [0.25, 0.3) is 0 Å². The Kier molecular flexibility index (Phi) is 6.04. The first-order valence-corrected chi connectivity index (χ1v) is 8.73. The van der Waals surface area contributed by atoms with Crippen LogP contribution in [0.15, 0.2) is 35.3 Å². The van der Waals surface area contributed by atoms with Crippen LogP contribution in [-0.2, 0) is 11.3 Å². The van der Waals surface area contributed by atoms with Gasteiger partial charge in [0.15, 0.2) is 5.96 Å². The molecule has 2 heterocycles. The van der Waals surface area contributed by atoms with E-state index in [4.69, 9.17) is 4.74 Å². The van der Waals surface area contributed by atoms with Gasteiger partial charge >= 0.3 is 0 Å². The molecular formula is C18H27FN4O. The number of benzene rings is 1. The molecule has 0 bridgehead atoms. The molecule has 1 N–H and O–H groups in total. The lowest BCUT2D eigenvalue weighted by molar-refractivity contribution is -0.0502. The summed E-state index contributed by atoms with van der Waals surface area (Å²) < 4.78 is 18.3. The Hall–Kier alpha value is -1.66. The first kappa shape index (κ1) is 17.2. The van der Waals surface area contributed by atoms with Crippen LogP contribution in [-0.4, -0.2) is 74.4 Å². The van der Waals surface area contributed by atoms with Crippen molar-refractivity contribution in [1.29, 1.82) is 0 Å². The van der Waals surface area contributed by atoms with Gasteiger partial charge in [-0.15, -0.1) is 0 Å². The van der Waals surface area contributed by atoms with Gasteiger partial charge in [-0.1, -0.05) is 30.3 Å². The number of likely N-dealkylation sites (tertiary alicyclic amines) is 1. The van der Waals surface area contributed by atoms with E-state index in [2.05, 4.69) is 50.4 Å². The lowest BCUT2D eigenvalue weighted by atomic mass is 10.1. The predicted molar refractivity (Wildman–Crippen MR) is 93.9 cm³/mol. The van der Waals surface area contributed by atoms with E-state index in [0.29, 0.717) is 19.0 Å². The van der Waals surface area contributed by atoms with E-state index >= 15 is 0 Å². The van der Waals surface area contributed by atoms with Crippen LogP contribution in [0.2, 0.25) is 0 Å². The van der Waals surface area contributed by atoms with Gasteiger partial charge in [0.1, 0.15) is 0 Å². The second kappa shape index (κ2) is 8.44. The van der Waals surface area contributed by atoms with Crippen molar-refractivity contribution in [3.05, 3.63) is 35.9 Å².